The summed E-state index contributed by atoms with van der Waals surface area (Å²) in [5.74, 6) is 6.57. The van der Waals surface area contributed by atoms with Crippen LogP contribution in [0.5, 0.6) is 0 Å². The maximum Gasteiger partial charge on any atom is 0.326 e. The summed E-state index contributed by atoms with van der Waals surface area (Å²) >= 11 is 0. The molecule has 0 saturated heterocycles. The Bertz CT molecular complexity index is 1710. The number of nitrogens with zero attached hydrogens (tertiary/aromatic N) is 2. The van der Waals surface area contributed by atoms with Gasteiger partial charge < -0.3 is 16.0 Å². The first-order valence-corrected chi connectivity index (χ1v) is 15.0. The molecule has 7 nitrogen and oxygen atoms in total. The fourth-order valence-corrected chi connectivity index (χ4v) is 4.96. The van der Waals surface area contributed by atoms with Crippen LogP contribution in [0.1, 0.15) is 89.8 Å². The Morgan fingerprint density at radius 1 is 1.02 bits per heavy atom. The molecule has 0 atom stereocenters. The van der Waals surface area contributed by atoms with Gasteiger partial charge >= 0.3 is 6.03 Å². The number of rotatable bonds is 8. The number of hydrogen-bond acceptors (Lipinski definition) is 4. The average Bonchev–Trinajstić information content (AvgIpc) is 2.96. The zero-order chi connectivity index (χ0) is 31.3. The van der Waals surface area contributed by atoms with Crippen molar-refractivity contribution in [3.8, 4) is 23.0 Å². The normalized spacial score (nSPS) is 11.5. The fourth-order valence-electron chi connectivity index (χ4n) is 4.96. The number of anilines is 2. The molecule has 224 valence electrons. The molecule has 4 N–H and O–H groups in total. The van der Waals surface area contributed by atoms with Crippen molar-refractivity contribution in [1.29, 1.82) is 0 Å². The Morgan fingerprint density at radius 2 is 1.72 bits per heavy atom. The van der Waals surface area contributed by atoms with Crippen LogP contribution in [0.3, 0.4) is 0 Å². The molecule has 0 saturated carbocycles. The molecule has 2 aromatic heterocycles. The minimum Gasteiger partial charge on any atom is -0.316 e. The van der Waals surface area contributed by atoms with Gasteiger partial charge in [-0.25, -0.2) is 9.78 Å². The highest BCUT2D eigenvalue weighted by Crippen LogP contribution is 2.38. The van der Waals surface area contributed by atoms with Gasteiger partial charge in [-0.05, 0) is 96.8 Å². The summed E-state index contributed by atoms with van der Waals surface area (Å²) in [4.78, 5) is 35.8. The molecule has 0 radical (unpaired) electrons. The molecule has 0 aliphatic rings. The summed E-state index contributed by atoms with van der Waals surface area (Å²) < 4.78 is 0. The summed E-state index contributed by atoms with van der Waals surface area (Å²) in [7, 11) is 0. The van der Waals surface area contributed by atoms with E-state index >= 15 is 0 Å². The van der Waals surface area contributed by atoms with Gasteiger partial charge in [-0.2, -0.15) is 0 Å². The van der Waals surface area contributed by atoms with Crippen LogP contribution >= 0.6 is 0 Å². The van der Waals surface area contributed by atoms with Gasteiger partial charge in [-0.15, -0.1) is 0 Å². The lowest BCUT2D eigenvalue weighted by Crippen LogP contribution is -2.39. The topological polar surface area (TPSA) is 104 Å². The maximum absolute atomic E-state index is 14.0. The van der Waals surface area contributed by atoms with E-state index in [9.17, 15) is 9.59 Å². The molecule has 0 aliphatic heterocycles. The SMILES string of the molecule is CCCCN(C(=O)Nc1c(C(C)C)cc(-c2cccc(C#CC(C)(C)N)c2)cc1C(C)C)c1cc2cccnc2[nH]c1=O. The molecule has 43 heavy (non-hydrogen) atoms. The Morgan fingerprint density at radius 3 is 2.35 bits per heavy atom. The summed E-state index contributed by atoms with van der Waals surface area (Å²) in [5, 5.41) is 4.00. The van der Waals surface area contributed by atoms with Crippen LogP contribution in [0.2, 0.25) is 0 Å². The van der Waals surface area contributed by atoms with Crippen molar-refractivity contribution < 1.29 is 4.79 Å². The molecule has 2 heterocycles. The number of hydrogen-bond donors (Lipinski definition) is 3. The minimum absolute atomic E-state index is 0.132. The third kappa shape index (κ3) is 7.71. The zero-order valence-corrected chi connectivity index (χ0v) is 26.3. The fraction of sp³-hybridized carbons (Fsp3) is 0.361. The van der Waals surface area contributed by atoms with Crippen LogP contribution in [-0.2, 0) is 0 Å². The number of aromatic nitrogens is 2. The van der Waals surface area contributed by atoms with E-state index in [1.165, 1.54) is 0 Å². The van der Waals surface area contributed by atoms with E-state index in [1.807, 2.05) is 38.1 Å². The molecule has 7 heteroatoms. The van der Waals surface area contributed by atoms with Gasteiger partial charge in [-0.1, -0.05) is 65.0 Å². The van der Waals surface area contributed by atoms with Crippen molar-refractivity contribution in [3.63, 3.8) is 0 Å². The summed E-state index contributed by atoms with van der Waals surface area (Å²) in [6, 6.07) is 17.5. The van der Waals surface area contributed by atoms with E-state index in [1.54, 1.807) is 17.2 Å². The molecule has 0 fully saturated rings. The number of unbranched alkanes of at least 4 members (excludes halogenated alkanes) is 1. The molecule has 0 bridgehead atoms. The number of nitrogens with one attached hydrogen (secondary N) is 2. The monoisotopic (exact) mass is 577 g/mol. The number of aromatic amines is 1. The number of benzene rings is 2. The van der Waals surface area contributed by atoms with Crippen LogP contribution in [0, 0.1) is 11.8 Å². The summed E-state index contributed by atoms with van der Waals surface area (Å²) in [5.41, 5.74) is 11.8. The van der Waals surface area contributed by atoms with Crippen molar-refractivity contribution in [2.45, 2.75) is 78.7 Å². The number of nitrogens with two attached hydrogens (primary N) is 1. The number of carbonyl (C=O) groups excluding carboxylic acids is 1. The maximum atomic E-state index is 14.0. The molecule has 4 rings (SSSR count). The molecule has 2 aromatic carbocycles. The van der Waals surface area contributed by atoms with Crippen molar-refractivity contribution in [3.05, 3.63) is 87.8 Å². The number of carbonyl (C=O) groups is 1. The van der Waals surface area contributed by atoms with Crippen LogP contribution < -0.4 is 21.5 Å². The highest BCUT2D eigenvalue weighted by atomic mass is 16.2. The first kappa shape index (κ1) is 31.5. The number of fused-ring (bicyclic) bond motifs is 1. The zero-order valence-electron chi connectivity index (χ0n) is 26.3. The van der Waals surface area contributed by atoms with Crippen LogP contribution in [0.25, 0.3) is 22.2 Å². The van der Waals surface area contributed by atoms with E-state index in [4.69, 9.17) is 5.73 Å². The van der Waals surface area contributed by atoms with Gasteiger partial charge in [0.05, 0.1) is 5.54 Å². The van der Waals surface area contributed by atoms with Gasteiger partial charge in [0, 0.05) is 29.4 Å². The molecule has 0 unspecified atom stereocenters. The molecule has 0 spiro atoms. The van der Waals surface area contributed by atoms with E-state index in [0.29, 0.717) is 17.9 Å². The third-order valence-electron chi connectivity index (χ3n) is 7.27. The first-order chi connectivity index (χ1) is 20.4. The first-order valence-electron chi connectivity index (χ1n) is 15.0. The largest absolute Gasteiger partial charge is 0.326 e. The Kier molecular flexibility index (Phi) is 9.73. The Hall–Kier alpha value is -4.41. The molecule has 2 amide bonds. The number of amides is 2. The number of urea groups is 1. The van der Waals surface area contributed by atoms with Gasteiger partial charge in [0.25, 0.3) is 5.56 Å². The Labute approximate surface area is 254 Å². The second-order valence-electron chi connectivity index (χ2n) is 12.3. The average molecular weight is 578 g/mol. The smallest absolute Gasteiger partial charge is 0.316 e. The van der Waals surface area contributed by atoms with Crippen molar-refractivity contribution in [2.24, 2.45) is 5.73 Å². The highest BCUT2D eigenvalue weighted by Gasteiger charge is 2.24. The van der Waals surface area contributed by atoms with Crippen LogP contribution in [-0.4, -0.2) is 28.1 Å². The van der Waals surface area contributed by atoms with E-state index in [2.05, 4.69) is 86.0 Å². The van der Waals surface area contributed by atoms with Crippen LogP contribution in [0.4, 0.5) is 16.2 Å². The lowest BCUT2D eigenvalue weighted by atomic mass is 9.88. The van der Waals surface area contributed by atoms with Gasteiger partial charge in [0.2, 0.25) is 0 Å². The minimum atomic E-state index is -0.578. The van der Waals surface area contributed by atoms with E-state index < -0.39 is 5.54 Å². The summed E-state index contributed by atoms with van der Waals surface area (Å²) in [6.45, 7) is 14.8. The van der Waals surface area contributed by atoms with Gasteiger partial charge in [0.1, 0.15) is 11.3 Å². The lowest BCUT2D eigenvalue weighted by Gasteiger charge is -2.27. The highest BCUT2D eigenvalue weighted by molar-refractivity contribution is 6.03. The lowest BCUT2D eigenvalue weighted by molar-refractivity contribution is 0.256. The van der Waals surface area contributed by atoms with E-state index in [-0.39, 0.29) is 23.4 Å². The standard InChI is InChI=1S/C36H43N5O2/c1-8-9-18-41(31-22-27-14-11-17-38-33(27)40-34(31)42)35(43)39-32-29(23(2)3)20-28(21-30(32)24(4)5)26-13-10-12-25(19-26)15-16-36(6,7)37/h10-14,17,19-24H,8-9,18,37H2,1-7H3,(H,39,43)(H,38,40,42). The van der Waals surface area contributed by atoms with Gasteiger partial charge in [0.15, 0.2) is 0 Å². The van der Waals surface area contributed by atoms with Gasteiger partial charge in [-0.3, -0.25) is 9.69 Å². The number of H-pyrrole nitrogens is 1. The third-order valence-corrected chi connectivity index (χ3v) is 7.27. The quantitative estimate of drug-likeness (QED) is 0.186. The molecular weight excluding hydrogens is 534 g/mol. The predicted octanol–water partition coefficient (Wildman–Crippen LogP) is 7.76. The second-order valence-corrected chi connectivity index (χ2v) is 12.3. The Balaban J connectivity index is 1.78. The van der Waals surface area contributed by atoms with Crippen LogP contribution in [0.15, 0.2) is 65.6 Å². The van der Waals surface area contributed by atoms with Crippen molar-refractivity contribution >= 4 is 28.4 Å². The molecule has 4 aromatic rings. The molecule has 0 aliphatic carbocycles. The second kappa shape index (κ2) is 13.3. The number of pyridine rings is 2. The summed E-state index contributed by atoms with van der Waals surface area (Å²) in [6.07, 6.45) is 3.27. The predicted molar refractivity (Wildman–Crippen MR) is 179 cm³/mol. The van der Waals surface area contributed by atoms with Crippen molar-refractivity contribution in [1.82, 2.24) is 9.97 Å². The van der Waals surface area contributed by atoms with Crippen molar-refractivity contribution in [2.75, 3.05) is 16.8 Å². The van der Waals surface area contributed by atoms with E-state index in [0.717, 1.165) is 51.7 Å². The molecular formula is C36H43N5O2.